The predicted octanol–water partition coefficient (Wildman–Crippen LogP) is 3.61. The summed E-state index contributed by atoms with van der Waals surface area (Å²) in [6, 6.07) is 12.7. The summed E-state index contributed by atoms with van der Waals surface area (Å²) in [4.78, 5) is 25.5. The molecule has 8 heteroatoms. The zero-order chi connectivity index (χ0) is 21.9. The maximum atomic E-state index is 13.2. The Kier molecular flexibility index (Phi) is 6.26. The van der Waals surface area contributed by atoms with Crippen LogP contribution in [0.25, 0.3) is 5.76 Å². The van der Waals surface area contributed by atoms with Crippen LogP contribution in [0.3, 0.4) is 0 Å². The van der Waals surface area contributed by atoms with Crippen molar-refractivity contribution < 1.29 is 27.5 Å². The fraction of sp³-hybridized carbons (Fsp3) is 0.273. The van der Waals surface area contributed by atoms with Crippen LogP contribution in [0.2, 0.25) is 0 Å². The monoisotopic (exact) mass is 429 g/mol. The number of nitrogens with zero attached hydrogens (tertiary/aromatic N) is 1. The molecule has 1 heterocycles. The highest BCUT2D eigenvalue weighted by Crippen LogP contribution is 2.38. The van der Waals surface area contributed by atoms with E-state index in [1.807, 2.05) is 6.92 Å². The SMILES string of the molecule is CCCCN1C(C(C)=O)=C(OC(=O)c2ccccc2OC)c2ccccc2S1(=O)=O. The van der Waals surface area contributed by atoms with Crippen LogP contribution in [0.5, 0.6) is 5.75 Å². The van der Waals surface area contributed by atoms with Crippen molar-refractivity contribution in [1.82, 2.24) is 4.31 Å². The summed E-state index contributed by atoms with van der Waals surface area (Å²) in [6.07, 6.45) is 1.28. The molecule has 0 N–H and O–H groups in total. The van der Waals surface area contributed by atoms with Crippen LogP contribution in [-0.4, -0.2) is 38.1 Å². The minimum absolute atomic E-state index is 0.00562. The van der Waals surface area contributed by atoms with Gasteiger partial charge in [-0.25, -0.2) is 13.2 Å². The first-order valence-corrected chi connectivity index (χ1v) is 11.0. The van der Waals surface area contributed by atoms with Crippen molar-refractivity contribution in [3.8, 4) is 5.75 Å². The molecule has 0 atom stereocenters. The Labute approximate surface area is 176 Å². The number of sulfonamides is 1. The summed E-state index contributed by atoms with van der Waals surface area (Å²) < 4.78 is 38.3. The first-order chi connectivity index (χ1) is 14.3. The van der Waals surface area contributed by atoms with Crippen LogP contribution in [0.15, 0.2) is 59.1 Å². The van der Waals surface area contributed by atoms with Crippen LogP contribution in [-0.2, 0) is 19.6 Å². The maximum Gasteiger partial charge on any atom is 0.347 e. The van der Waals surface area contributed by atoms with Crippen LogP contribution in [0.4, 0.5) is 0 Å². The van der Waals surface area contributed by atoms with Crippen molar-refractivity contribution in [3.05, 3.63) is 65.4 Å². The number of carbonyl (C=O) groups excluding carboxylic acids is 2. The molecule has 30 heavy (non-hydrogen) atoms. The quantitative estimate of drug-likeness (QED) is 0.625. The van der Waals surface area contributed by atoms with Crippen LogP contribution >= 0.6 is 0 Å². The largest absolute Gasteiger partial charge is 0.496 e. The third-order valence-corrected chi connectivity index (χ3v) is 6.59. The molecule has 1 aliphatic heterocycles. The molecule has 7 nitrogen and oxygen atoms in total. The Morgan fingerprint density at radius 1 is 1.03 bits per heavy atom. The number of para-hydroxylation sites is 1. The Hall–Kier alpha value is -3.13. The highest BCUT2D eigenvalue weighted by molar-refractivity contribution is 7.89. The lowest BCUT2D eigenvalue weighted by Crippen LogP contribution is -2.38. The van der Waals surface area contributed by atoms with Gasteiger partial charge < -0.3 is 9.47 Å². The zero-order valence-corrected chi connectivity index (χ0v) is 17.9. The van der Waals surface area contributed by atoms with Crippen molar-refractivity contribution in [3.63, 3.8) is 0 Å². The number of fused-ring (bicyclic) bond motifs is 1. The third kappa shape index (κ3) is 3.82. The highest BCUT2D eigenvalue weighted by Gasteiger charge is 2.40. The number of hydrogen-bond donors (Lipinski definition) is 0. The molecule has 0 bridgehead atoms. The smallest absolute Gasteiger partial charge is 0.347 e. The standard InChI is InChI=1S/C22H23NO6S/c1-4-5-14-23-20(15(2)24)21(17-11-7-9-13-19(17)30(23,26)27)29-22(25)16-10-6-8-12-18(16)28-3/h6-13H,4-5,14H2,1-3H3. The van der Waals surface area contributed by atoms with Gasteiger partial charge >= 0.3 is 5.97 Å². The second-order valence-corrected chi connectivity index (χ2v) is 8.58. The number of Topliss-reactive ketones (excluding diaryl/α,β-unsaturated/α-hetero) is 1. The first kappa shape index (κ1) is 21.6. The molecular weight excluding hydrogens is 406 g/mol. The molecule has 0 saturated heterocycles. The van der Waals surface area contributed by atoms with Crippen molar-refractivity contribution >= 4 is 27.5 Å². The maximum absolute atomic E-state index is 13.2. The molecule has 0 saturated carbocycles. The average molecular weight is 429 g/mol. The Morgan fingerprint density at radius 3 is 2.37 bits per heavy atom. The Balaban J connectivity index is 2.19. The van der Waals surface area contributed by atoms with Gasteiger partial charge in [0.25, 0.3) is 10.0 Å². The number of benzene rings is 2. The van der Waals surface area contributed by atoms with Gasteiger partial charge in [0.2, 0.25) is 0 Å². The van der Waals surface area contributed by atoms with Gasteiger partial charge in [-0.15, -0.1) is 0 Å². The van der Waals surface area contributed by atoms with Gasteiger partial charge in [-0.1, -0.05) is 37.6 Å². The lowest BCUT2D eigenvalue weighted by molar-refractivity contribution is -0.114. The van der Waals surface area contributed by atoms with Gasteiger partial charge in [0.05, 0.1) is 12.0 Å². The summed E-state index contributed by atoms with van der Waals surface area (Å²) in [6.45, 7) is 3.29. The summed E-state index contributed by atoms with van der Waals surface area (Å²) in [5, 5.41) is 0. The molecule has 0 amide bonds. The number of hydrogen-bond acceptors (Lipinski definition) is 6. The van der Waals surface area contributed by atoms with Gasteiger partial charge in [0.15, 0.2) is 11.5 Å². The topological polar surface area (TPSA) is 90.0 Å². The molecule has 2 aromatic rings. The minimum atomic E-state index is -3.96. The van der Waals surface area contributed by atoms with E-state index in [0.29, 0.717) is 12.2 Å². The number of esters is 1. The van der Waals surface area contributed by atoms with Crippen molar-refractivity contribution in [2.45, 2.75) is 31.6 Å². The molecule has 2 aromatic carbocycles. The normalized spacial score (nSPS) is 14.8. The molecule has 3 rings (SSSR count). The lowest BCUT2D eigenvalue weighted by Gasteiger charge is -2.32. The van der Waals surface area contributed by atoms with E-state index >= 15 is 0 Å². The summed E-state index contributed by atoms with van der Waals surface area (Å²) in [5.74, 6) is -1.01. The number of allylic oxidation sites excluding steroid dienone is 1. The zero-order valence-electron chi connectivity index (χ0n) is 17.0. The van der Waals surface area contributed by atoms with Gasteiger partial charge in [-0.2, -0.15) is 0 Å². The molecule has 0 spiro atoms. The van der Waals surface area contributed by atoms with E-state index in [0.717, 1.165) is 10.7 Å². The molecule has 0 fully saturated rings. The van der Waals surface area contributed by atoms with Gasteiger partial charge in [0.1, 0.15) is 17.0 Å². The fourth-order valence-electron chi connectivity index (χ4n) is 3.29. The van der Waals surface area contributed by atoms with Gasteiger partial charge in [-0.05, 0) is 30.7 Å². The van der Waals surface area contributed by atoms with Crippen molar-refractivity contribution in [2.24, 2.45) is 0 Å². The van der Waals surface area contributed by atoms with E-state index in [4.69, 9.17) is 9.47 Å². The number of unbranched alkanes of at least 4 members (excludes halogenated alkanes) is 1. The molecule has 0 radical (unpaired) electrons. The van der Waals surface area contributed by atoms with Crippen LogP contribution in [0, 0.1) is 0 Å². The van der Waals surface area contributed by atoms with E-state index in [1.165, 1.54) is 32.2 Å². The highest BCUT2D eigenvalue weighted by atomic mass is 32.2. The van der Waals surface area contributed by atoms with Crippen molar-refractivity contribution in [1.29, 1.82) is 0 Å². The molecule has 158 valence electrons. The average Bonchev–Trinajstić information content (AvgIpc) is 2.74. The van der Waals surface area contributed by atoms with Gasteiger partial charge in [0, 0.05) is 19.0 Å². The third-order valence-electron chi connectivity index (χ3n) is 4.73. The summed E-state index contributed by atoms with van der Waals surface area (Å²) in [7, 11) is -2.52. The molecule has 0 aliphatic carbocycles. The predicted molar refractivity (Wildman–Crippen MR) is 111 cm³/mol. The Bertz CT molecular complexity index is 1120. The number of ketones is 1. The van der Waals surface area contributed by atoms with E-state index in [1.54, 1.807) is 30.3 Å². The van der Waals surface area contributed by atoms with Crippen LogP contribution < -0.4 is 4.74 Å². The van der Waals surface area contributed by atoms with E-state index in [2.05, 4.69) is 0 Å². The summed E-state index contributed by atoms with van der Waals surface area (Å²) >= 11 is 0. The fourth-order valence-corrected chi connectivity index (χ4v) is 5.04. The van der Waals surface area contributed by atoms with Gasteiger partial charge in [-0.3, -0.25) is 9.10 Å². The number of ether oxygens (including phenoxy) is 2. The molecule has 0 unspecified atom stereocenters. The van der Waals surface area contributed by atoms with Crippen molar-refractivity contribution in [2.75, 3.05) is 13.7 Å². The summed E-state index contributed by atoms with van der Waals surface area (Å²) in [5.41, 5.74) is 0.200. The second-order valence-electron chi connectivity index (χ2n) is 6.75. The molecule has 0 aromatic heterocycles. The van der Waals surface area contributed by atoms with Crippen LogP contribution in [0.1, 0.15) is 42.6 Å². The Morgan fingerprint density at radius 2 is 1.70 bits per heavy atom. The number of methoxy groups -OCH3 is 1. The van der Waals surface area contributed by atoms with E-state index < -0.39 is 21.8 Å². The molecular formula is C22H23NO6S. The second kappa shape index (κ2) is 8.71. The number of rotatable bonds is 7. The molecule has 1 aliphatic rings. The number of carbonyl (C=O) groups is 2. The van der Waals surface area contributed by atoms with E-state index in [-0.39, 0.29) is 34.0 Å². The minimum Gasteiger partial charge on any atom is -0.496 e. The first-order valence-electron chi connectivity index (χ1n) is 9.55. The van der Waals surface area contributed by atoms with E-state index in [9.17, 15) is 18.0 Å². The lowest BCUT2D eigenvalue weighted by atomic mass is 10.1.